The molecule has 1 atom stereocenters. The van der Waals surface area contributed by atoms with Gasteiger partial charge in [0.2, 0.25) is 0 Å². The summed E-state index contributed by atoms with van der Waals surface area (Å²) in [6.07, 6.45) is 4.62. The van der Waals surface area contributed by atoms with Crippen LogP contribution >= 0.6 is 0 Å². The third kappa shape index (κ3) is 4.20. The van der Waals surface area contributed by atoms with Crippen molar-refractivity contribution in [2.75, 3.05) is 19.8 Å². The van der Waals surface area contributed by atoms with E-state index >= 15 is 0 Å². The van der Waals surface area contributed by atoms with Gasteiger partial charge in [0, 0.05) is 19.3 Å². The van der Waals surface area contributed by atoms with E-state index < -0.39 is 5.97 Å². The number of pyridine rings is 1. The molecule has 1 aromatic rings. The van der Waals surface area contributed by atoms with Crippen molar-refractivity contribution in [3.05, 3.63) is 24.0 Å². The van der Waals surface area contributed by atoms with Gasteiger partial charge < -0.3 is 19.9 Å². The van der Waals surface area contributed by atoms with Gasteiger partial charge in [-0.1, -0.05) is 0 Å². The Hall–Kier alpha value is -2.15. The highest BCUT2D eigenvalue weighted by Crippen LogP contribution is 2.12. The molecular formula is C13H16N2O5. The number of hydrogen-bond donors (Lipinski definition) is 2. The summed E-state index contributed by atoms with van der Waals surface area (Å²) < 4.78 is 10.6. The predicted octanol–water partition coefficient (Wildman–Crippen LogP) is 0.454. The Morgan fingerprint density at radius 3 is 3.05 bits per heavy atom. The fourth-order valence-electron chi connectivity index (χ4n) is 1.85. The van der Waals surface area contributed by atoms with Gasteiger partial charge >= 0.3 is 5.97 Å². The Morgan fingerprint density at radius 2 is 2.35 bits per heavy atom. The van der Waals surface area contributed by atoms with Crippen LogP contribution in [-0.2, 0) is 9.53 Å². The lowest BCUT2D eigenvalue weighted by Crippen LogP contribution is -2.35. The Kier molecular flexibility index (Phi) is 4.89. The fourth-order valence-corrected chi connectivity index (χ4v) is 1.85. The standard InChI is InChI=1S/C13H16N2O5/c16-12(15-7-10-2-1-3-19-10)8-20-11-4-9(13(17)18)5-14-6-11/h4-6,10H,1-3,7-8H2,(H,15,16)(H,17,18). The number of hydrogen-bond acceptors (Lipinski definition) is 5. The summed E-state index contributed by atoms with van der Waals surface area (Å²) in [5, 5.41) is 11.5. The highest BCUT2D eigenvalue weighted by Gasteiger charge is 2.16. The second kappa shape index (κ2) is 6.85. The van der Waals surface area contributed by atoms with Gasteiger partial charge in [-0.25, -0.2) is 4.79 Å². The lowest BCUT2D eigenvalue weighted by molar-refractivity contribution is -0.123. The quantitative estimate of drug-likeness (QED) is 0.785. The van der Waals surface area contributed by atoms with E-state index in [1.807, 2.05) is 0 Å². The van der Waals surface area contributed by atoms with E-state index in [2.05, 4.69) is 10.3 Å². The normalized spacial score (nSPS) is 17.7. The summed E-state index contributed by atoms with van der Waals surface area (Å²) >= 11 is 0. The zero-order chi connectivity index (χ0) is 14.4. The van der Waals surface area contributed by atoms with Crippen molar-refractivity contribution in [2.24, 2.45) is 0 Å². The Labute approximate surface area is 115 Å². The van der Waals surface area contributed by atoms with Crippen LogP contribution in [0.3, 0.4) is 0 Å². The number of rotatable bonds is 6. The molecule has 0 saturated carbocycles. The van der Waals surface area contributed by atoms with E-state index in [1.54, 1.807) is 0 Å². The number of nitrogens with zero attached hydrogens (tertiary/aromatic N) is 1. The largest absolute Gasteiger partial charge is 0.482 e. The Bertz CT molecular complexity index is 485. The monoisotopic (exact) mass is 280 g/mol. The van der Waals surface area contributed by atoms with Crippen molar-refractivity contribution < 1.29 is 24.2 Å². The molecule has 0 spiro atoms. The molecule has 7 heteroatoms. The molecule has 1 aromatic heterocycles. The van der Waals surface area contributed by atoms with E-state index in [1.165, 1.54) is 18.5 Å². The number of amides is 1. The molecule has 0 aromatic carbocycles. The highest BCUT2D eigenvalue weighted by molar-refractivity contribution is 5.87. The molecule has 1 aliphatic rings. The van der Waals surface area contributed by atoms with E-state index in [0.29, 0.717) is 6.54 Å². The van der Waals surface area contributed by atoms with Crippen molar-refractivity contribution in [2.45, 2.75) is 18.9 Å². The van der Waals surface area contributed by atoms with Gasteiger partial charge in [0.05, 0.1) is 17.9 Å². The summed E-state index contributed by atoms with van der Waals surface area (Å²) in [5.41, 5.74) is 0.0160. The van der Waals surface area contributed by atoms with Crippen LogP contribution in [0.1, 0.15) is 23.2 Å². The molecule has 1 fully saturated rings. The van der Waals surface area contributed by atoms with Crippen LogP contribution < -0.4 is 10.1 Å². The molecule has 1 saturated heterocycles. The van der Waals surface area contributed by atoms with Crippen molar-refractivity contribution in [3.8, 4) is 5.75 Å². The average Bonchev–Trinajstić information content (AvgIpc) is 2.96. The van der Waals surface area contributed by atoms with Crippen molar-refractivity contribution in [1.29, 1.82) is 0 Å². The first kappa shape index (κ1) is 14.3. The van der Waals surface area contributed by atoms with E-state index in [4.69, 9.17) is 14.6 Å². The number of nitrogens with one attached hydrogen (secondary N) is 1. The maximum atomic E-state index is 11.6. The summed E-state index contributed by atoms with van der Waals surface area (Å²) in [5.74, 6) is -1.12. The molecule has 0 aliphatic carbocycles. The SMILES string of the molecule is O=C(COc1cncc(C(=O)O)c1)NCC1CCCO1. The average molecular weight is 280 g/mol. The molecule has 2 heterocycles. The number of aromatic nitrogens is 1. The first-order valence-corrected chi connectivity index (χ1v) is 6.34. The molecule has 108 valence electrons. The summed E-state index contributed by atoms with van der Waals surface area (Å²) in [7, 11) is 0. The third-order valence-corrected chi connectivity index (χ3v) is 2.88. The van der Waals surface area contributed by atoms with Crippen LogP contribution in [0.4, 0.5) is 0 Å². The summed E-state index contributed by atoms with van der Waals surface area (Å²) in [6.45, 7) is 1.03. The van der Waals surface area contributed by atoms with E-state index in [0.717, 1.165) is 19.4 Å². The minimum Gasteiger partial charge on any atom is -0.482 e. The fraction of sp³-hybridized carbons (Fsp3) is 0.462. The lowest BCUT2D eigenvalue weighted by atomic mass is 10.2. The summed E-state index contributed by atoms with van der Waals surface area (Å²) in [6, 6.07) is 1.32. The maximum Gasteiger partial charge on any atom is 0.337 e. The summed E-state index contributed by atoms with van der Waals surface area (Å²) in [4.78, 5) is 26.1. The molecule has 2 N–H and O–H groups in total. The lowest BCUT2D eigenvalue weighted by Gasteiger charge is -2.11. The van der Waals surface area contributed by atoms with Crippen molar-refractivity contribution >= 4 is 11.9 Å². The van der Waals surface area contributed by atoms with E-state index in [9.17, 15) is 9.59 Å². The van der Waals surface area contributed by atoms with E-state index in [-0.39, 0.29) is 29.9 Å². The zero-order valence-electron chi connectivity index (χ0n) is 10.9. The molecule has 0 bridgehead atoms. The van der Waals surface area contributed by atoms with Crippen LogP contribution in [0.15, 0.2) is 18.5 Å². The second-order valence-corrected chi connectivity index (χ2v) is 4.44. The maximum absolute atomic E-state index is 11.6. The van der Waals surface area contributed by atoms with Crippen molar-refractivity contribution in [3.63, 3.8) is 0 Å². The van der Waals surface area contributed by atoms with Crippen molar-refractivity contribution in [1.82, 2.24) is 10.3 Å². The van der Waals surface area contributed by atoms with Gasteiger partial charge in [0.15, 0.2) is 6.61 Å². The Balaban J connectivity index is 1.75. The third-order valence-electron chi connectivity index (χ3n) is 2.88. The molecule has 20 heavy (non-hydrogen) atoms. The van der Waals surface area contributed by atoms with Gasteiger partial charge in [-0.05, 0) is 18.9 Å². The van der Waals surface area contributed by atoms with Gasteiger partial charge in [0.1, 0.15) is 5.75 Å². The number of carboxylic acids is 1. The number of carbonyl (C=O) groups excluding carboxylic acids is 1. The number of carbonyl (C=O) groups is 2. The minimum atomic E-state index is -1.09. The van der Waals surface area contributed by atoms with Gasteiger partial charge in [0.25, 0.3) is 5.91 Å². The molecule has 0 radical (unpaired) electrons. The number of carboxylic acid groups (broad SMARTS) is 1. The molecular weight excluding hydrogens is 264 g/mol. The number of aromatic carboxylic acids is 1. The highest BCUT2D eigenvalue weighted by atomic mass is 16.5. The first-order valence-electron chi connectivity index (χ1n) is 6.34. The van der Waals surface area contributed by atoms with Gasteiger partial charge in [-0.15, -0.1) is 0 Å². The first-order chi connectivity index (χ1) is 9.65. The van der Waals surface area contributed by atoms with Crippen LogP contribution in [0.5, 0.6) is 5.75 Å². The van der Waals surface area contributed by atoms with Crippen LogP contribution in [0.25, 0.3) is 0 Å². The topological polar surface area (TPSA) is 97.8 Å². The molecule has 1 amide bonds. The van der Waals surface area contributed by atoms with Crippen LogP contribution in [0.2, 0.25) is 0 Å². The van der Waals surface area contributed by atoms with Gasteiger partial charge in [-0.2, -0.15) is 0 Å². The molecule has 2 rings (SSSR count). The smallest absolute Gasteiger partial charge is 0.337 e. The van der Waals surface area contributed by atoms with Gasteiger partial charge in [-0.3, -0.25) is 9.78 Å². The second-order valence-electron chi connectivity index (χ2n) is 4.44. The minimum absolute atomic E-state index is 0.0160. The molecule has 7 nitrogen and oxygen atoms in total. The van der Waals surface area contributed by atoms with Crippen LogP contribution in [0, 0.1) is 0 Å². The predicted molar refractivity (Wildman–Crippen MR) is 68.7 cm³/mol. The van der Waals surface area contributed by atoms with Crippen LogP contribution in [-0.4, -0.2) is 47.8 Å². The number of ether oxygens (including phenoxy) is 2. The molecule has 1 aliphatic heterocycles. The zero-order valence-corrected chi connectivity index (χ0v) is 10.9. The Morgan fingerprint density at radius 1 is 1.50 bits per heavy atom. The molecule has 1 unspecified atom stereocenters.